The van der Waals surface area contributed by atoms with Crippen LogP contribution in [0.2, 0.25) is 5.15 Å². The highest BCUT2D eigenvalue weighted by Crippen LogP contribution is 2.27. The lowest BCUT2D eigenvalue weighted by Gasteiger charge is -2.28. The smallest absolute Gasteiger partial charge is 0.131 e. The maximum Gasteiger partial charge on any atom is 0.131 e. The number of hydrogen-bond acceptors (Lipinski definition) is 3. The molecule has 1 aliphatic carbocycles. The van der Waals surface area contributed by atoms with Gasteiger partial charge in [0.15, 0.2) is 0 Å². The number of aromatic nitrogens is 2. The molecular formula is C13H22ClN3O. The molecule has 0 bridgehead atoms. The number of nitrogens with zero attached hydrogens (tertiary/aromatic N) is 3. The normalized spacial score (nSPS) is 16.9. The van der Waals surface area contributed by atoms with Crippen molar-refractivity contribution in [1.82, 2.24) is 14.7 Å². The molecule has 4 nitrogen and oxygen atoms in total. The zero-order valence-corrected chi connectivity index (χ0v) is 11.9. The molecule has 18 heavy (non-hydrogen) atoms. The summed E-state index contributed by atoms with van der Waals surface area (Å²) >= 11 is 6.28. The molecule has 0 radical (unpaired) electrons. The molecule has 0 aromatic carbocycles. The summed E-state index contributed by atoms with van der Waals surface area (Å²) < 4.78 is 1.72. The summed E-state index contributed by atoms with van der Waals surface area (Å²) in [5.41, 5.74) is 2.09. The molecule has 1 heterocycles. The van der Waals surface area contributed by atoms with E-state index in [1.165, 1.54) is 25.7 Å². The lowest BCUT2D eigenvalue weighted by Crippen LogP contribution is -2.35. The number of halogens is 1. The van der Waals surface area contributed by atoms with E-state index in [2.05, 4.69) is 10.00 Å². The minimum absolute atomic E-state index is 0.202. The summed E-state index contributed by atoms with van der Waals surface area (Å²) in [5.74, 6) is 0. The fraction of sp³-hybridized carbons (Fsp3) is 0.769. The van der Waals surface area contributed by atoms with Gasteiger partial charge in [-0.05, 0) is 19.8 Å². The van der Waals surface area contributed by atoms with Crippen LogP contribution < -0.4 is 0 Å². The Kier molecular flexibility index (Phi) is 4.65. The molecule has 1 aliphatic rings. The average Bonchev–Trinajstić information content (AvgIpc) is 2.93. The summed E-state index contributed by atoms with van der Waals surface area (Å²) in [6, 6.07) is 0.591. The third-order valence-corrected chi connectivity index (χ3v) is 4.33. The number of aliphatic hydroxyl groups excluding tert-OH is 1. The monoisotopic (exact) mass is 271 g/mol. The van der Waals surface area contributed by atoms with Gasteiger partial charge in [0.2, 0.25) is 0 Å². The van der Waals surface area contributed by atoms with Crippen LogP contribution in [0.5, 0.6) is 0 Å². The van der Waals surface area contributed by atoms with Crippen LogP contribution >= 0.6 is 11.6 Å². The highest BCUT2D eigenvalue weighted by atomic mass is 35.5. The number of hydrogen-bond donors (Lipinski definition) is 1. The molecule has 0 spiro atoms. The largest absolute Gasteiger partial charge is 0.395 e. The van der Waals surface area contributed by atoms with Gasteiger partial charge in [-0.15, -0.1) is 0 Å². The van der Waals surface area contributed by atoms with E-state index in [-0.39, 0.29) is 6.61 Å². The summed E-state index contributed by atoms with van der Waals surface area (Å²) in [4.78, 5) is 2.35. The fourth-order valence-corrected chi connectivity index (χ4v) is 3.08. The van der Waals surface area contributed by atoms with E-state index in [1.54, 1.807) is 4.68 Å². The SMILES string of the molecule is Cc1nn(C)c(Cl)c1CN(CCO)C1CCCC1. The van der Waals surface area contributed by atoms with Crippen molar-refractivity contribution in [1.29, 1.82) is 0 Å². The van der Waals surface area contributed by atoms with Gasteiger partial charge in [-0.2, -0.15) is 5.10 Å². The average molecular weight is 272 g/mol. The molecule has 1 aromatic rings. The zero-order valence-electron chi connectivity index (χ0n) is 11.2. The van der Waals surface area contributed by atoms with Gasteiger partial charge in [0, 0.05) is 31.7 Å². The summed E-state index contributed by atoms with van der Waals surface area (Å²) in [7, 11) is 1.87. The molecule has 1 saturated carbocycles. The molecule has 0 amide bonds. The fourth-order valence-electron chi connectivity index (χ4n) is 2.85. The molecule has 0 saturated heterocycles. The van der Waals surface area contributed by atoms with E-state index in [4.69, 9.17) is 11.6 Å². The first-order valence-electron chi connectivity index (χ1n) is 6.66. The van der Waals surface area contributed by atoms with Crippen LogP contribution in [0.15, 0.2) is 0 Å². The third-order valence-electron chi connectivity index (χ3n) is 3.86. The second-order valence-corrected chi connectivity index (χ2v) is 5.47. The van der Waals surface area contributed by atoms with Gasteiger partial charge in [-0.1, -0.05) is 24.4 Å². The molecule has 1 aromatic heterocycles. The standard InChI is InChI=1S/C13H22ClN3O/c1-10-12(13(14)16(2)15-10)9-17(7-8-18)11-5-3-4-6-11/h11,18H,3-9H2,1-2H3. The number of rotatable bonds is 5. The van der Waals surface area contributed by atoms with Crippen molar-refractivity contribution in [3.63, 3.8) is 0 Å². The molecule has 5 heteroatoms. The number of aliphatic hydroxyl groups is 1. The van der Waals surface area contributed by atoms with Crippen molar-refractivity contribution in [3.05, 3.63) is 16.4 Å². The second-order valence-electron chi connectivity index (χ2n) is 5.11. The van der Waals surface area contributed by atoms with Gasteiger partial charge in [0.05, 0.1) is 12.3 Å². The molecule has 1 fully saturated rings. The summed E-state index contributed by atoms with van der Waals surface area (Å²) in [6.45, 7) is 3.71. The number of aryl methyl sites for hydroxylation is 2. The van der Waals surface area contributed by atoms with E-state index in [9.17, 15) is 5.11 Å². The Morgan fingerprint density at radius 2 is 2.11 bits per heavy atom. The van der Waals surface area contributed by atoms with Crippen molar-refractivity contribution in [3.8, 4) is 0 Å². The molecular weight excluding hydrogens is 250 g/mol. The second kappa shape index (κ2) is 6.04. The van der Waals surface area contributed by atoms with Crippen LogP contribution in [-0.2, 0) is 13.6 Å². The van der Waals surface area contributed by atoms with E-state index in [0.717, 1.165) is 24.3 Å². The van der Waals surface area contributed by atoms with Gasteiger partial charge in [0.25, 0.3) is 0 Å². The van der Waals surface area contributed by atoms with Crippen LogP contribution in [0.25, 0.3) is 0 Å². The predicted octanol–water partition coefficient (Wildman–Crippen LogP) is 2.12. The van der Waals surface area contributed by atoms with E-state index < -0.39 is 0 Å². The summed E-state index contributed by atoms with van der Waals surface area (Å²) in [5, 5.41) is 14.3. The Labute approximate surface area is 114 Å². The van der Waals surface area contributed by atoms with Gasteiger partial charge < -0.3 is 5.11 Å². The topological polar surface area (TPSA) is 41.3 Å². The molecule has 2 rings (SSSR count). The van der Waals surface area contributed by atoms with Crippen molar-refractivity contribution in [2.75, 3.05) is 13.2 Å². The molecule has 0 unspecified atom stereocenters. The van der Waals surface area contributed by atoms with Crippen LogP contribution in [0.3, 0.4) is 0 Å². The predicted molar refractivity (Wildman–Crippen MR) is 72.7 cm³/mol. The van der Waals surface area contributed by atoms with Crippen LogP contribution in [-0.4, -0.2) is 39.0 Å². The minimum Gasteiger partial charge on any atom is -0.395 e. The Hall–Kier alpha value is -0.580. The van der Waals surface area contributed by atoms with E-state index >= 15 is 0 Å². The highest BCUT2D eigenvalue weighted by molar-refractivity contribution is 6.30. The van der Waals surface area contributed by atoms with E-state index in [0.29, 0.717) is 11.2 Å². The van der Waals surface area contributed by atoms with Crippen molar-refractivity contribution in [2.45, 2.75) is 45.2 Å². The van der Waals surface area contributed by atoms with Gasteiger partial charge in [-0.25, -0.2) is 0 Å². The van der Waals surface area contributed by atoms with Gasteiger partial charge in [0.1, 0.15) is 5.15 Å². The Morgan fingerprint density at radius 1 is 1.44 bits per heavy atom. The van der Waals surface area contributed by atoms with Crippen LogP contribution in [0, 0.1) is 6.92 Å². The van der Waals surface area contributed by atoms with Crippen molar-refractivity contribution >= 4 is 11.6 Å². The Balaban J connectivity index is 2.12. The minimum atomic E-state index is 0.202. The highest BCUT2D eigenvalue weighted by Gasteiger charge is 2.24. The van der Waals surface area contributed by atoms with Crippen molar-refractivity contribution < 1.29 is 5.11 Å². The maximum absolute atomic E-state index is 9.22. The molecule has 102 valence electrons. The zero-order chi connectivity index (χ0) is 13.1. The van der Waals surface area contributed by atoms with Crippen molar-refractivity contribution in [2.24, 2.45) is 7.05 Å². The first-order valence-corrected chi connectivity index (χ1v) is 7.04. The van der Waals surface area contributed by atoms with Gasteiger partial charge >= 0.3 is 0 Å². The Bertz CT molecular complexity index is 399. The van der Waals surface area contributed by atoms with Crippen LogP contribution in [0.1, 0.15) is 36.9 Å². The first-order chi connectivity index (χ1) is 8.63. The van der Waals surface area contributed by atoms with Crippen LogP contribution in [0.4, 0.5) is 0 Å². The quantitative estimate of drug-likeness (QED) is 0.892. The summed E-state index contributed by atoms with van der Waals surface area (Å²) in [6.07, 6.45) is 5.06. The van der Waals surface area contributed by atoms with E-state index in [1.807, 2.05) is 14.0 Å². The lowest BCUT2D eigenvalue weighted by molar-refractivity contribution is 0.144. The maximum atomic E-state index is 9.22. The lowest BCUT2D eigenvalue weighted by atomic mass is 10.1. The Morgan fingerprint density at radius 3 is 2.61 bits per heavy atom. The molecule has 0 atom stereocenters. The van der Waals surface area contributed by atoms with Gasteiger partial charge in [-0.3, -0.25) is 9.58 Å². The first kappa shape index (κ1) is 13.8. The third kappa shape index (κ3) is 2.87. The molecule has 0 aliphatic heterocycles. The molecule has 1 N–H and O–H groups in total.